The Morgan fingerprint density at radius 3 is 1.00 bits per heavy atom. The summed E-state index contributed by atoms with van der Waals surface area (Å²) in [6.45, 7) is 9.73. The second-order valence-electron chi connectivity index (χ2n) is 4.74. The number of nitrogens with two attached hydrogens (primary N) is 3. The standard InChI is InChI=1S/C8H21N3/c1-6(2,3)7(4,9)8(5,10)11/h9-11H2,1-5H3. The van der Waals surface area contributed by atoms with E-state index in [0.29, 0.717) is 0 Å². The van der Waals surface area contributed by atoms with Crippen LogP contribution in [-0.2, 0) is 0 Å². The molecule has 0 rings (SSSR count). The molecule has 0 amide bonds. The van der Waals surface area contributed by atoms with Crippen LogP contribution in [0, 0.1) is 5.41 Å². The van der Waals surface area contributed by atoms with Gasteiger partial charge in [0.25, 0.3) is 0 Å². The lowest BCUT2D eigenvalue weighted by Gasteiger charge is -2.47. The zero-order chi connectivity index (χ0) is 9.50. The summed E-state index contributed by atoms with van der Waals surface area (Å²) in [5.41, 5.74) is 16.0. The molecule has 11 heavy (non-hydrogen) atoms. The molecule has 3 heteroatoms. The fourth-order valence-electron chi connectivity index (χ4n) is 0.808. The van der Waals surface area contributed by atoms with Crippen molar-refractivity contribution in [2.45, 2.75) is 45.8 Å². The lowest BCUT2D eigenvalue weighted by molar-refractivity contribution is 0.116. The molecule has 0 aromatic carbocycles. The van der Waals surface area contributed by atoms with Crippen molar-refractivity contribution in [1.29, 1.82) is 0 Å². The number of hydrogen-bond acceptors (Lipinski definition) is 3. The van der Waals surface area contributed by atoms with E-state index in [0.717, 1.165) is 0 Å². The molecule has 0 spiro atoms. The third kappa shape index (κ3) is 1.92. The Morgan fingerprint density at radius 1 is 0.727 bits per heavy atom. The van der Waals surface area contributed by atoms with Crippen molar-refractivity contribution in [2.24, 2.45) is 22.6 Å². The third-order valence-corrected chi connectivity index (χ3v) is 2.68. The molecular weight excluding hydrogens is 138 g/mol. The summed E-state index contributed by atoms with van der Waals surface area (Å²) in [5.74, 6) is 0. The van der Waals surface area contributed by atoms with E-state index in [9.17, 15) is 0 Å². The first-order chi connectivity index (χ1) is 4.50. The maximum atomic E-state index is 6.02. The van der Waals surface area contributed by atoms with Crippen LogP contribution >= 0.6 is 0 Å². The average molecular weight is 159 g/mol. The summed E-state index contributed by atoms with van der Waals surface area (Å²) in [6, 6.07) is 0. The Labute approximate surface area is 69.3 Å². The minimum absolute atomic E-state index is 0.0920. The van der Waals surface area contributed by atoms with Crippen LogP contribution < -0.4 is 17.2 Å². The van der Waals surface area contributed by atoms with Gasteiger partial charge in [0.05, 0.1) is 5.66 Å². The van der Waals surface area contributed by atoms with Crippen LogP contribution in [0.1, 0.15) is 34.6 Å². The first-order valence-corrected chi connectivity index (χ1v) is 3.87. The predicted octanol–water partition coefficient (Wildman–Crippen LogP) is 0.384. The second-order valence-corrected chi connectivity index (χ2v) is 4.74. The van der Waals surface area contributed by atoms with Crippen molar-refractivity contribution >= 4 is 0 Å². The molecule has 1 unspecified atom stereocenters. The van der Waals surface area contributed by atoms with Crippen LogP contribution in [0.5, 0.6) is 0 Å². The Balaban J connectivity index is 4.75. The molecule has 0 heterocycles. The Kier molecular flexibility index (Phi) is 2.41. The zero-order valence-corrected chi connectivity index (χ0v) is 8.23. The Morgan fingerprint density at radius 2 is 1.00 bits per heavy atom. The molecule has 0 aliphatic carbocycles. The Bertz CT molecular complexity index is 120. The lowest BCUT2D eigenvalue weighted by Crippen LogP contribution is -2.73. The molecule has 68 valence electrons. The van der Waals surface area contributed by atoms with E-state index in [1.54, 1.807) is 6.92 Å². The SMILES string of the molecule is CC(C)(C)C(C)(N)C(C)(N)N. The van der Waals surface area contributed by atoms with E-state index in [2.05, 4.69) is 0 Å². The normalized spacial score (nSPS) is 19.6. The van der Waals surface area contributed by atoms with Gasteiger partial charge in [-0.1, -0.05) is 20.8 Å². The van der Waals surface area contributed by atoms with Crippen LogP contribution in [0.3, 0.4) is 0 Å². The molecule has 0 aromatic heterocycles. The molecule has 3 nitrogen and oxygen atoms in total. The molecule has 0 saturated heterocycles. The zero-order valence-electron chi connectivity index (χ0n) is 8.23. The topological polar surface area (TPSA) is 78.1 Å². The van der Waals surface area contributed by atoms with Gasteiger partial charge in [0, 0.05) is 5.54 Å². The van der Waals surface area contributed by atoms with Gasteiger partial charge >= 0.3 is 0 Å². The summed E-state index contributed by atoms with van der Waals surface area (Å²) in [4.78, 5) is 0. The molecule has 1 atom stereocenters. The number of rotatable bonds is 1. The summed E-state index contributed by atoms with van der Waals surface area (Å²) < 4.78 is 0. The highest BCUT2D eigenvalue weighted by atomic mass is 15.1. The first-order valence-electron chi connectivity index (χ1n) is 3.87. The van der Waals surface area contributed by atoms with E-state index in [1.807, 2.05) is 27.7 Å². The van der Waals surface area contributed by atoms with Crippen molar-refractivity contribution in [3.8, 4) is 0 Å². The highest BCUT2D eigenvalue weighted by Crippen LogP contribution is 2.32. The molecule has 0 aromatic rings. The fourth-order valence-corrected chi connectivity index (χ4v) is 0.808. The van der Waals surface area contributed by atoms with Gasteiger partial charge in [0.2, 0.25) is 0 Å². The largest absolute Gasteiger partial charge is 0.322 e. The molecule has 6 N–H and O–H groups in total. The highest BCUT2D eigenvalue weighted by molar-refractivity contribution is 5.04. The number of hydrogen-bond donors (Lipinski definition) is 3. The van der Waals surface area contributed by atoms with Crippen molar-refractivity contribution in [1.82, 2.24) is 0 Å². The van der Waals surface area contributed by atoms with E-state index in [-0.39, 0.29) is 5.41 Å². The van der Waals surface area contributed by atoms with Gasteiger partial charge in [-0.2, -0.15) is 0 Å². The van der Waals surface area contributed by atoms with Gasteiger partial charge in [-0.25, -0.2) is 0 Å². The summed E-state index contributed by atoms with van der Waals surface area (Å²) in [6.07, 6.45) is 0. The molecule has 0 bridgehead atoms. The minimum Gasteiger partial charge on any atom is -0.322 e. The van der Waals surface area contributed by atoms with Crippen molar-refractivity contribution in [3.63, 3.8) is 0 Å². The van der Waals surface area contributed by atoms with E-state index in [1.165, 1.54) is 0 Å². The summed E-state index contributed by atoms with van der Waals surface area (Å²) in [7, 11) is 0. The fraction of sp³-hybridized carbons (Fsp3) is 1.00. The predicted molar refractivity (Wildman–Crippen MR) is 48.8 cm³/mol. The van der Waals surface area contributed by atoms with Crippen molar-refractivity contribution < 1.29 is 0 Å². The van der Waals surface area contributed by atoms with Crippen LogP contribution in [0.4, 0.5) is 0 Å². The van der Waals surface area contributed by atoms with Gasteiger partial charge in [0.15, 0.2) is 0 Å². The smallest absolute Gasteiger partial charge is 0.0795 e. The second kappa shape index (κ2) is 2.44. The van der Waals surface area contributed by atoms with Gasteiger partial charge < -0.3 is 17.2 Å². The molecule has 0 aliphatic rings. The van der Waals surface area contributed by atoms with Gasteiger partial charge in [-0.15, -0.1) is 0 Å². The first kappa shape index (κ1) is 10.9. The van der Waals surface area contributed by atoms with Gasteiger partial charge in [-0.3, -0.25) is 0 Å². The molecule has 0 radical (unpaired) electrons. The van der Waals surface area contributed by atoms with Crippen molar-refractivity contribution in [2.75, 3.05) is 0 Å². The van der Waals surface area contributed by atoms with Crippen LogP contribution in [-0.4, -0.2) is 11.2 Å². The van der Waals surface area contributed by atoms with E-state index >= 15 is 0 Å². The average Bonchev–Trinajstić information content (AvgIpc) is 1.58. The van der Waals surface area contributed by atoms with E-state index in [4.69, 9.17) is 17.2 Å². The molecule has 0 aliphatic heterocycles. The maximum Gasteiger partial charge on any atom is 0.0795 e. The summed E-state index contributed by atoms with van der Waals surface area (Å²) in [5, 5.41) is 0. The van der Waals surface area contributed by atoms with Crippen LogP contribution in [0.15, 0.2) is 0 Å². The summed E-state index contributed by atoms with van der Waals surface area (Å²) >= 11 is 0. The molecular formula is C8H21N3. The third-order valence-electron chi connectivity index (χ3n) is 2.68. The molecule has 0 saturated carbocycles. The van der Waals surface area contributed by atoms with Gasteiger partial charge in [-0.05, 0) is 19.3 Å². The van der Waals surface area contributed by atoms with Crippen LogP contribution in [0.25, 0.3) is 0 Å². The van der Waals surface area contributed by atoms with Crippen molar-refractivity contribution in [3.05, 3.63) is 0 Å². The van der Waals surface area contributed by atoms with Crippen LogP contribution in [0.2, 0.25) is 0 Å². The Hall–Kier alpha value is -0.120. The highest BCUT2D eigenvalue weighted by Gasteiger charge is 2.44. The van der Waals surface area contributed by atoms with Gasteiger partial charge in [0.1, 0.15) is 0 Å². The monoisotopic (exact) mass is 159 g/mol. The lowest BCUT2D eigenvalue weighted by atomic mass is 9.69. The minimum atomic E-state index is -0.842. The quantitative estimate of drug-likeness (QED) is 0.484. The maximum absolute atomic E-state index is 6.02. The molecule has 0 fully saturated rings. The van der Waals surface area contributed by atoms with E-state index < -0.39 is 11.2 Å².